The van der Waals surface area contributed by atoms with Gasteiger partial charge in [0.25, 0.3) is 5.91 Å². The van der Waals surface area contributed by atoms with Gasteiger partial charge in [-0.15, -0.1) is 0 Å². The SMILES string of the molecule is O=C(NC1CC1)c1cc(Cl)cnc1NC1CCN(C(=O)O)[C@@H]1C1C2CC3C[C@H]1CC(O)(C3)C2. The minimum atomic E-state index is -0.896. The first-order chi connectivity index (χ1) is 15.8. The molecule has 5 aliphatic carbocycles. The van der Waals surface area contributed by atoms with E-state index in [0.29, 0.717) is 47.1 Å². The highest BCUT2D eigenvalue weighted by atomic mass is 35.5. The van der Waals surface area contributed by atoms with Gasteiger partial charge in [-0.3, -0.25) is 4.79 Å². The molecule has 5 saturated carbocycles. The van der Waals surface area contributed by atoms with Gasteiger partial charge in [0.2, 0.25) is 0 Å². The predicted molar refractivity (Wildman–Crippen MR) is 122 cm³/mol. The molecule has 2 amide bonds. The summed E-state index contributed by atoms with van der Waals surface area (Å²) < 4.78 is 0. The van der Waals surface area contributed by atoms with E-state index in [-0.39, 0.29) is 30.0 Å². The Bertz CT molecular complexity index is 969. The average Bonchev–Trinajstić information content (AvgIpc) is 3.45. The van der Waals surface area contributed by atoms with Gasteiger partial charge in [0.1, 0.15) is 5.82 Å². The van der Waals surface area contributed by atoms with Crippen molar-refractivity contribution in [2.24, 2.45) is 23.7 Å². The van der Waals surface area contributed by atoms with E-state index >= 15 is 0 Å². The number of aliphatic hydroxyl groups is 1. The summed E-state index contributed by atoms with van der Waals surface area (Å²) in [7, 11) is 0. The van der Waals surface area contributed by atoms with Crippen LogP contribution in [-0.4, -0.2) is 62.4 Å². The van der Waals surface area contributed by atoms with E-state index < -0.39 is 11.7 Å². The minimum Gasteiger partial charge on any atom is -0.465 e. The van der Waals surface area contributed by atoms with Crippen molar-refractivity contribution in [1.82, 2.24) is 15.2 Å². The third-order valence-electron chi connectivity index (χ3n) is 8.74. The maximum atomic E-state index is 12.9. The summed E-state index contributed by atoms with van der Waals surface area (Å²) in [4.78, 5) is 31.1. The molecule has 1 aromatic heterocycles. The van der Waals surface area contributed by atoms with E-state index in [1.54, 1.807) is 11.0 Å². The van der Waals surface area contributed by atoms with E-state index in [9.17, 15) is 19.8 Å². The quantitative estimate of drug-likeness (QED) is 0.520. The van der Waals surface area contributed by atoms with Crippen LogP contribution in [0.1, 0.15) is 61.7 Å². The number of carboxylic acid groups (broad SMARTS) is 1. The number of hydrogen-bond donors (Lipinski definition) is 4. The highest BCUT2D eigenvalue weighted by Crippen LogP contribution is 2.60. The lowest BCUT2D eigenvalue weighted by atomic mass is 9.48. The Balaban J connectivity index is 1.29. The van der Waals surface area contributed by atoms with Crippen LogP contribution >= 0.6 is 11.6 Å². The highest BCUT2D eigenvalue weighted by Gasteiger charge is 2.59. The van der Waals surface area contributed by atoms with Crippen molar-refractivity contribution in [1.29, 1.82) is 0 Å². The van der Waals surface area contributed by atoms with Crippen LogP contribution in [0.15, 0.2) is 12.3 Å². The van der Waals surface area contributed by atoms with E-state index in [0.717, 1.165) is 44.9 Å². The Hall–Kier alpha value is -2.06. The van der Waals surface area contributed by atoms with Crippen LogP contribution in [0.25, 0.3) is 0 Å². The number of carbonyl (C=O) groups is 2. The highest BCUT2D eigenvalue weighted by molar-refractivity contribution is 6.31. The molecule has 0 spiro atoms. The molecule has 7 rings (SSSR count). The molecule has 0 radical (unpaired) electrons. The number of pyridine rings is 1. The van der Waals surface area contributed by atoms with Gasteiger partial charge in [-0.25, -0.2) is 9.78 Å². The van der Waals surface area contributed by atoms with Crippen LogP contribution in [0.3, 0.4) is 0 Å². The van der Waals surface area contributed by atoms with Crippen LogP contribution in [0.5, 0.6) is 0 Å². The Morgan fingerprint density at radius 1 is 1.15 bits per heavy atom. The van der Waals surface area contributed by atoms with Gasteiger partial charge in [0, 0.05) is 18.8 Å². The summed E-state index contributed by atoms with van der Waals surface area (Å²) >= 11 is 6.16. The lowest BCUT2D eigenvalue weighted by molar-refractivity contribution is -0.162. The molecule has 8 nitrogen and oxygen atoms in total. The topological polar surface area (TPSA) is 115 Å². The van der Waals surface area contributed by atoms with E-state index in [2.05, 4.69) is 15.6 Å². The molecule has 7 atom stereocenters. The molecule has 0 aromatic carbocycles. The molecular weight excluding hydrogens is 444 g/mol. The van der Waals surface area contributed by atoms with Crippen molar-refractivity contribution in [2.75, 3.05) is 11.9 Å². The van der Waals surface area contributed by atoms with Crippen molar-refractivity contribution >= 4 is 29.4 Å². The number of aromatic nitrogens is 1. The molecule has 2 heterocycles. The third kappa shape index (κ3) is 3.85. The molecule has 9 heteroatoms. The molecule has 1 saturated heterocycles. The second-order valence-electron chi connectivity index (χ2n) is 11.1. The Morgan fingerprint density at radius 2 is 1.88 bits per heavy atom. The van der Waals surface area contributed by atoms with Gasteiger partial charge >= 0.3 is 6.09 Å². The normalized spacial score (nSPS) is 39.0. The van der Waals surface area contributed by atoms with Crippen molar-refractivity contribution < 1.29 is 19.8 Å². The molecule has 5 unspecified atom stereocenters. The number of nitrogens with zero attached hydrogens (tertiary/aromatic N) is 2. The zero-order chi connectivity index (χ0) is 22.9. The lowest BCUT2D eigenvalue weighted by Crippen LogP contribution is -2.61. The summed E-state index contributed by atoms with van der Waals surface area (Å²) in [5.74, 6) is 1.72. The number of likely N-dealkylation sites (tertiary alicyclic amines) is 1. The summed E-state index contributed by atoms with van der Waals surface area (Å²) in [6.07, 6.45) is 7.86. The number of nitrogens with one attached hydrogen (secondary N) is 2. The fourth-order valence-electron chi connectivity index (χ4n) is 7.64. The van der Waals surface area contributed by atoms with Gasteiger partial charge in [0.05, 0.1) is 28.3 Å². The van der Waals surface area contributed by atoms with Crippen LogP contribution in [0, 0.1) is 23.7 Å². The fraction of sp³-hybridized carbons (Fsp3) is 0.708. The van der Waals surface area contributed by atoms with Gasteiger partial charge in [-0.1, -0.05) is 11.6 Å². The first kappa shape index (κ1) is 21.5. The van der Waals surface area contributed by atoms with Crippen LogP contribution in [0.4, 0.5) is 10.6 Å². The second-order valence-corrected chi connectivity index (χ2v) is 11.5. The molecule has 178 valence electrons. The van der Waals surface area contributed by atoms with Crippen LogP contribution < -0.4 is 10.6 Å². The third-order valence-corrected chi connectivity index (χ3v) is 8.95. The Kier molecular flexibility index (Phi) is 5.03. The monoisotopic (exact) mass is 474 g/mol. The Morgan fingerprint density at radius 3 is 2.52 bits per heavy atom. The average molecular weight is 475 g/mol. The zero-order valence-corrected chi connectivity index (χ0v) is 19.3. The van der Waals surface area contributed by atoms with E-state index in [4.69, 9.17) is 11.6 Å². The van der Waals surface area contributed by atoms with Crippen molar-refractivity contribution in [3.8, 4) is 0 Å². The smallest absolute Gasteiger partial charge is 0.407 e. The van der Waals surface area contributed by atoms with E-state index in [1.807, 2.05) is 0 Å². The molecule has 1 aliphatic heterocycles. The molecule has 6 aliphatic rings. The first-order valence-corrected chi connectivity index (χ1v) is 12.6. The number of amides is 2. The number of halogens is 1. The number of carbonyl (C=O) groups excluding carboxylic acids is 1. The summed E-state index contributed by atoms with van der Waals surface area (Å²) in [5.41, 5.74) is -0.157. The van der Waals surface area contributed by atoms with Crippen LogP contribution in [0.2, 0.25) is 5.02 Å². The second kappa shape index (κ2) is 7.73. The zero-order valence-electron chi connectivity index (χ0n) is 18.5. The lowest BCUT2D eigenvalue weighted by Gasteiger charge is -2.60. The number of rotatable bonds is 5. The maximum Gasteiger partial charge on any atom is 0.407 e. The minimum absolute atomic E-state index is 0.139. The first-order valence-electron chi connectivity index (χ1n) is 12.2. The number of hydrogen-bond acceptors (Lipinski definition) is 5. The summed E-state index contributed by atoms with van der Waals surface area (Å²) in [5, 5.41) is 27.9. The van der Waals surface area contributed by atoms with E-state index in [1.165, 1.54) is 6.20 Å². The molecule has 4 bridgehead atoms. The van der Waals surface area contributed by atoms with Crippen LogP contribution in [-0.2, 0) is 0 Å². The molecule has 4 N–H and O–H groups in total. The fourth-order valence-corrected chi connectivity index (χ4v) is 7.80. The van der Waals surface area contributed by atoms with Gasteiger partial charge < -0.3 is 25.7 Å². The standard InChI is InChI=1S/C24H31ClN4O4/c25-15-7-17(22(30)27-16-1-2-16)21(26-11-15)28-18-3-4-29(23(31)32)20(18)19-13-5-12-6-14(19)10-24(33,8-12)9-13/h7,11-14,16,18-20,33H,1-6,8-10H2,(H,26,28)(H,27,30)(H,31,32)/t12?,13-,14?,18?,19?,20-,24?/m0/s1. The molecular formula is C24H31ClN4O4. The molecule has 1 aromatic rings. The summed E-state index contributed by atoms with van der Waals surface area (Å²) in [6, 6.07) is 1.51. The Labute approximate surface area is 198 Å². The predicted octanol–water partition coefficient (Wildman–Crippen LogP) is 3.35. The largest absolute Gasteiger partial charge is 0.465 e. The molecule has 33 heavy (non-hydrogen) atoms. The molecule has 6 fully saturated rings. The van der Waals surface area contributed by atoms with Gasteiger partial charge in [-0.2, -0.15) is 0 Å². The maximum absolute atomic E-state index is 12.9. The van der Waals surface area contributed by atoms with Crippen molar-refractivity contribution in [2.45, 2.75) is 75.1 Å². The van der Waals surface area contributed by atoms with Crippen molar-refractivity contribution in [3.05, 3.63) is 22.8 Å². The van der Waals surface area contributed by atoms with Gasteiger partial charge in [0.15, 0.2) is 0 Å². The van der Waals surface area contributed by atoms with Crippen molar-refractivity contribution in [3.63, 3.8) is 0 Å². The van der Waals surface area contributed by atoms with Gasteiger partial charge in [-0.05, 0) is 81.1 Å². The summed E-state index contributed by atoms with van der Waals surface area (Å²) in [6.45, 7) is 0.457. The number of anilines is 1.